The summed E-state index contributed by atoms with van der Waals surface area (Å²) < 4.78 is 7.59. The van der Waals surface area contributed by atoms with Gasteiger partial charge in [0.25, 0.3) is 0 Å². The van der Waals surface area contributed by atoms with Crippen LogP contribution in [-0.4, -0.2) is 34.1 Å². The van der Waals surface area contributed by atoms with Crippen molar-refractivity contribution < 1.29 is 4.74 Å². The smallest absolute Gasteiger partial charge is 0.160 e. The normalized spacial score (nSPS) is 13.0. The third-order valence-electron chi connectivity index (χ3n) is 3.40. The largest absolute Gasteiger partial charge is 0.383 e. The first-order chi connectivity index (χ1) is 9.71. The SMILES string of the molecule is CCCC(COC)n1c(CCCl)nc2cc(C)cnc21. The number of hydrogen-bond acceptors (Lipinski definition) is 3. The van der Waals surface area contributed by atoms with Crippen LogP contribution in [0.4, 0.5) is 0 Å². The summed E-state index contributed by atoms with van der Waals surface area (Å²) in [7, 11) is 1.74. The van der Waals surface area contributed by atoms with Crippen LogP contribution in [0.25, 0.3) is 11.2 Å². The lowest BCUT2D eigenvalue weighted by molar-refractivity contribution is 0.150. The Hall–Kier alpha value is -1.13. The number of fused-ring (bicyclic) bond motifs is 1. The number of rotatable bonds is 7. The molecule has 2 rings (SSSR count). The minimum Gasteiger partial charge on any atom is -0.383 e. The van der Waals surface area contributed by atoms with E-state index in [4.69, 9.17) is 21.3 Å². The molecular weight excluding hydrogens is 274 g/mol. The van der Waals surface area contributed by atoms with Gasteiger partial charge in [-0.05, 0) is 25.0 Å². The molecule has 0 aliphatic heterocycles. The fourth-order valence-electron chi connectivity index (χ4n) is 2.59. The molecule has 0 saturated heterocycles. The zero-order valence-corrected chi connectivity index (χ0v) is 13.2. The molecule has 0 aliphatic carbocycles. The summed E-state index contributed by atoms with van der Waals surface area (Å²) in [6, 6.07) is 2.34. The second-order valence-electron chi connectivity index (χ2n) is 5.09. The van der Waals surface area contributed by atoms with E-state index >= 15 is 0 Å². The first-order valence-corrected chi connectivity index (χ1v) is 7.63. The van der Waals surface area contributed by atoms with E-state index in [0.29, 0.717) is 12.5 Å². The number of ether oxygens (including phenoxy) is 1. The van der Waals surface area contributed by atoms with E-state index in [0.717, 1.165) is 41.8 Å². The third kappa shape index (κ3) is 3.13. The second kappa shape index (κ2) is 7.04. The quantitative estimate of drug-likeness (QED) is 0.734. The van der Waals surface area contributed by atoms with Crippen LogP contribution in [0.5, 0.6) is 0 Å². The van der Waals surface area contributed by atoms with E-state index in [-0.39, 0.29) is 6.04 Å². The van der Waals surface area contributed by atoms with Gasteiger partial charge in [-0.2, -0.15) is 0 Å². The highest BCUT2D eigenvalue weighted by atomic mass is 35.5. The maximum atomic E-state index is 5.92. The van der Waals surface area contributed by atoms with Crippen LogP contribution in [0.15, 0.2) is 12.3 Å². The second-order valence-corrected chi connectivity index (χ2v) is 5.47. The van der Waals surface area contributed by atoms with Crippen molar-refractivity contribution in [3.63, 3.8) is 0 Å². The summed E-state index contributed by atoms with van der Waals surface area (Å²) >= 11 is 5.92. The predicted molar refractivity (Wildman–Crippen MR) is 82.5 cm³/mol. The van der Waals surface area contributed by atoms with Gasteiger partial charge in [-0.1, -0.05) is 13.3 Å². The maximum absolute atomic E-state index is 5.92. The Labute approximate surface area is 125 Å². The molecule has 1 atom stereocenters. The van der Waals surface area contributed by atoms with Gasteiger partial charge < -0.3 is 9.30 Å². The van der Waals surface area contributed by atoms with Crippen molar-refractivity contribution in [1.82, 2.24) is 14.5 Å². The molecule has 2 aromatic heterocycles. The van der Waals surface area contributed by atoms with Gasteiger partial charge in [0.15, 0.2) is 5.65 Å². The molecule has 0 aliphatic rings. The van der Waals surface area contributed by atoms with E-state index in [2.05, 4.69) is 22.5 Å². The Morgan fingerprint density at radius 3 is 2.90 bits per heavy atom. The number of alkyl halides is 1. The van der Waals surface area contributed by atoms with E-state index < -0.39 is 0 Å². The third-order valence-corrected chi connectivity index (χ3v) is 3.59. The van der Waals surface area contributed by atoms with Crippen molar-refractivity contribution in [2.24, 2.45) is 0 Å². The molecule has 0 bridgehead atoms. The van der Waals surface area contributed by atoms with Crippen LogP contribution < -0.4 is 0 Å². The maximum Gasteiger partial charge on any atom is 0.160 e. The van der Waals surface area contributed by atoms with Gasteiger partial charge in [-0.3, -0.25) is 0 Å². The Morgan fingerprint density at radius 2 is 2.25 bits per heavy atom. The average molecular weight is 296 g/mol. The number of aryl methyl sites for hydroxylation is 2. The number of methoxy groups -OCH3 is 1. The van der Waals surface area contributed by atoms with E-state index in [9.17, 15) is 0 Å². The predicted octanol–water partition coefficient (Wildman–Crippen LogP) is 3.51. The lowest BCUT2D eigenvalue weighted by Gasteiger charge is -2.20. The fourth-order valence-corrected chi connectivity index (χ4v) is 2.76. The zero-order chi connectivity index (χ0) is 14.5. The van der Waals surface area contributed by atoms with Crippen molar-refractivity contribution in [1.29, 1.82) is 0 Å². The number of nitrogens with zero attached hydrogens (tertiary/aromatic N) is 3. The monoisotopic (exact) mass is 295 g/mol. The summed E-state index contributed by atoms with van der Waals surface area (Å²) in [4.78, 5) is 9.28. The van der Waals surface area contributed by atoms with E-state index in [1.165, 1.54) is 0 Å². The number of imidazole rings is 1. The average Bonchev–Trinajstić information content (AvgIpc) is 2.76. The topological polar surface area (TPSA) is 39.9 Å². The number of hydrogen-bond donors (Lipinski definition) is 0. The summed E-state index contributed by atoms with van der Waals surface area (Å²) in [6.45, 7) is 4.89. The summed E-state index contributed by atoms with van der Waals surface area (Å²) in [6.07, 6.45) is 4.78. The molecule has 0 amide bonds. The molecule has 2 aromatic rings. The van der Waals surface area contributed by atoms with Crippen LogP contribution in [0.3, 0.4) is 0 Å². The summed E-state index contributed by atoms with van der Waals surface area (Å²) in [5.41, 5.74) is 3.01. The first-order valence-electron chi connectivity index (χ1n) is 7.09. The van der Waals surface area contributed by atoms with Gasteiger partial charge in [0.2, 0.25) is 0 Å². The molecular formula is C15H22ClN3O. The van der Waals surface area contributed by atoms with Crippen LogP contribution >= 0.6 is 11.6 Å². The molecule has 5 heteroatoms. The van der Waals surface area contributed by atoms with Crippen molar-refractivity contribution in [3.8, 4) is 0 Å². The Morgan fingerprint density at radius 1 is 1.45 bits per heavy atom. The van der Waals surface area contributed by atoms with Gasteiger partial charge in [0.1, 0.15) is 11.3 Å². The molecule has 0 radical (unpaired) electrons. The number of halogens is 1. The fraction of sp³-hybridized carbons (Fsp3) is 0.600. The van der Waals surface area contributed by atoms with Crippen molar-refractivity contribution in [2.45, 2.75) is 39.2 Å². The van der Waals surface area contributed by atoms with Crippen LogP contribution in [0.2, 0.25) is 0 Å². The van der Waals surface area contributed by atoms with Gasteiger partial charge in [-0.25, -0.2) is 9.97 Å². The lowest BCUT2D eigenvalue weighted by atomic mass is 10.1. The van der Waals surface area contributed by atoms with Crippen LogP contribution in [0.1, 0.15) is 37.2 Å². The van der Waals surface area contributed by atoms with Gasteiger partial charge >= 0.3 is 0 Å². The molecule has 20 heavy (non-hydrogen) atoms. The standard InChI is InChI=1S/C15H22ClN3O/c1-4-5-12(10-20-3)19-14(6-7-16)18-13-8-11(2)9-17-15(13)19/h8-9,12H,4-7,10H2,1-3H3. The van der Waals surface area contributed by atoms with Gasteiger partial charge in [0, 0.05) is 25.6 Å². The Kier molecular flexibility index (Phi) is 5.38. The van der Waals surface area contributed by atoms with Crippen molar-refractivity contribution >= 4 is 22.8 Å². The summed E-state index contributed by atoms with van der Waals surface area (Å²) in [5, 5.41) is 0. The number of aromatic nitrogens is 3. The summed E-state index contributed by atoms with van der Waals surface area (Å²) in [5.74, 6) is 1.57. The Balaban J connectivity index is 2.53. The van der Waals surface area contributed by atoms with Crippen molar-refractivity contribution in [2.75, 3.05) is 19.6 Å². The highest BCUT2D eigenvalue weighted by Gasteiger charge is 2.19. The zero-order valence-electron chi connectivity index (χ0n) is 12.4. The van der Waals surface area contributed by atoms with E-state index in [1.807, 2.05) is 13.1 Å². The molecule has 0 fully saturated rings. The molecule has 0 aromatic carbocycles. The Bertz CT molecular complexity index is 561. The van der Waals surface area contributed by atoms with E-state index in [1.54, 1.807) is 7.11 Å². The number of pyridine rings is 1. The molecule has 2 heterocycles. The molecule has 1 unspecified atom stereocenters. The highest BCUT2D eigenvalue weighted by Crippen LogP contribution is 2.24. The van der Waals surface area contributed by atoms with Gasteiger partial charge in [-0.15, -0.1) is 11.6 Å². The molecule has 0 N–H and O–H groups in total. The van der Waals surface area contributed by atoms with Gasteiger partial charge in [0.05, 0.1) is 12.6 Å². The molecule has 0 spiro atoms. The first kappa shape index (κ1) is 15.3. The molecule has 0 saturated carbocycles. The lowest BCUT2D eigenvalue weighted by Crippen LogP contribution is -2.18. The highest BCUT2D eigenvalue weighted by molar-refractivity contribution is 6.17. The molecule has 110 valence electrons. The molecule has 4 nitrogen and oxygen atoms in total. The minimum absolute atomic E-state index is 0.267. The van der Waals surface area contributed by atoms with Crippen molar-refractivity contribution in [3.05, 3.63) is 23.7 Å². The van der Waals surface area contributed by atoms with Crippen LogP contribution in [-0.2, 0) is 11.2 Å². The minimum atomic E-state index is 0.267. The van der Waals surface area contributed by atoms with Crippen LogP contribution in [0, 0.1) is 6.92 Å².